The Morgan fingerprint density at radius 3 is 2.77 bits per heavy atom. The second-order valence-electron chi connectivity index (χ2n) is 5.56. The molecule has 0 amide bonds. The van der Waals surface area contributed by atoms with Gasteiger partial charge in [0, 0.05) is 20.3 Å². The minimum atomic E-state index is -1.73. The first-order chi connectivity index (χ1) is 10.3. The van der Waals surface area contributed by atoms with Crippen LogP contribution in [-0.2, 0) is 4.74 Å². The molecule has 0 bridgehead atoms. The van der Waals surface area contributed by atoms with Gasteiger partial charge in [0.25, 0.3) is 0 Å². The van der Waals surface area contributed by atoms with Crippen molar-refractivity contribution >= 4 is 12.2 Å². The normalized spacial score (nSPS) is 31.8. The first-order valence-electron chi connectivity index (χ1n) is 6.74. The maximum Gasteiger partial charge on any atom is 0.351 e. The van der Waals surface area contributed by atoms with Crippen molar-refractivity contribution < 1.29 is 20.1 Å². The molecule has 1 aliphatic heterocycles. The summed E-state index contributed by atoms with van der Waals surface area (Å²) in [5.41, 5.74) is -2.41. The summed E-state index contributed by atoms with van der Waals surface area (Å²) in [7, 11) is 3.56. The summed E-state index contributed by atoms with van der Waals surface area (Å²) in [5, 5.41) is 29.4. The maximum atomic E-state index is 12.1. The molecule has 1 aromatic rings. The Bertz CT molecular complexity index is 613. The molecule has 0 spiro atoms. The molecular formula is C13H20N4O5. The molecule has 4 atom stereocenters. The highest BCUT2D eigenvalue weighted by Gasteiger charge is 2.53. The van der Waals surface area contributed by atoms with E-state index in [1.165, 1.54) is 25.5 Å². The van der Waals surface area contributed by atoms with Gasteiger partial charge in [-0.1, -0.05) is 0 Å². The molecule has 2 heterocycles. The summed E-state index contributed by atoms with van der Waals surface area (Å²) < 4.78 is 6.43. The fourth-order valence-electron chi connectivity index (χ4n) is 2.22. The van der Waals surface area contributed by atoms with Gasteiger partial charge in [0.1, 0.15) is 17.8 Å². The molecule has 9 heteroatoms. The lowest BCUT2D eigenvalue weighted by molar-refractivity contribution is -0.0986. The third-order valence-electron chi connectivity index (χ3n) is 3.42. The second-order valence-corrected chi connectivity index (χ2v) is 5.56. The van der Waals surface area contributed by atoms with Crippen LogP contribution in [0.1, 0.15) is 13.2 Å². The van der Waals surface area contributed by atoms with E-state index in [2.05, 4.69) is 9.98 Å². The van der Waals surface area contributed by atoms with E-state index >= 15 is 0 Å². The summed E-state index contributed by atoms with van der Waals surface area (Å²) in [6, 6.07) is 1.49. The third kappa shape index (κ3) is 3.02. The monoisotopic (exact) mass is 312 g/mol. The largest absolute Gasteiger partial charge is 0.394 e. The van der Waals surface area contributed by atoms with Gasteiger partial charge >= 0.3 is 5.69 Å². The van der Waals surface area contributed by atoms with E-state index in [0.29, 0.717) is 0 Å². The van der Waals surface area contributed by atoms with Crippen LogP contribution >= 0.6 is 0 Å². The molecule has 22 heavy (non-hydrogen) atoms. The predicted molar refractivity (Wildman–Crippen MR) is 78.0 cm³/mol. The van der Waals surface area contributed by atoms with Gasteiger partial charge in [-0.25, -0.2) is 9.79 Å². The lowest BCUT2D eigenvalue weighted by Crippen LogP contribution is -2.46. The molecule has 0 saturated carbocycles. The zero-order valence-electron chi connectivity index (χ0n) is 12.6. The van der Waals surface area contributed by atoms with Gasteiger partial charge in [-0.05, 0) is 13.0 Å². The smallest absolute Gasteiger partial charge is 0.351 e. The Balaban J connectivity index is 2.32. The topological polar surface area (TPSA) is 120 Å². The van der Waals surface area contributed by atoms with Crippen molar-refractivity contribution in [2.45, 2.75) is 31.0 Å². The highest BCUT2D eigenvalue weighted by Crippen LogP contribution is 2.37. The Hall–Kier alpha value is -1.81. The van der Waals surface area contributed by atoms with E-state index in [0.717, 1.165) is 4.57 Å². The van der Waals surface area contributed by atoms with Gasteiger partial charge in [-0.15, -0.1) is 0 Å². The fourth-order valence-corrected chi connectivity index (χ4v) is 2.22. The number of aliphatic hydroxyl groups is 3. The number of ether oxygens (including phenoxy) is 1. The predicted octanol–water partition coefficient (Wildman–Crippen LogP) is -1.53. The molecule has 0 aromatic carbocycles. The molecule has 1 fully saturated rings. The van der Waals surface area contributed by atoms with E-state index in [4.69, 9.17) is 9.84 Å². The number of aromatic nitrogens is 2. The molecular weight excluding hydrogens is 292 g/mol. The number of hydrogen-bond donors (Lipinski definition) is 3. The summed E-state index contributed by atoms with van der Waals surface area (Å²) in [5.74, 6) is 0.215. The first-order valence-corrected chi connectivity index (χ1v) is 6.74. The fraction of sp³-hybridized carbons (Fsp3) is 0.615. The van der Waals surface area contributed by atoms with E-state index < -0.39 is 36.3 Å². The summed E-state index contributed by atoms with van der Waals surface area (Å²) in [4.78, 5) is 21.6. The summed E-state index contributed by atoms with van der Waals surface area (Å²) >= 11 is 0. The van der Waals surface area contributed by atoms with Gasteiger partial charge < -0.3 is 25.0 Å². The molecule has 1 aromatic heterocycles. The van der Waals surface area contributed by atoms with Crippen molar-refractivity contribution in [2.24, 2.45) is 4.99 Å². The average Bonchev–Trinajstić information content (AvgIpc) is 2.68. The van der Waals surface area contributed by atoms with Crippen LogP contribution in [0.25, 0.3) is 0 Å². The molecule has 1 aliphatic rings. The summed E-state index contributed by atoms with van der Waals surface area (Å²) in [6.07, 6.45) is -0.561. The molecule has 2 rings (SSSR count). The second kappa shape index (κ2) is 6.13. The zero-order valence-corrected chi connectivity index (χ0v) is 12.6. The molecule has 122 valence electrons. The van der Waals surface area contributed by atoms with Crippen LogP contribution in [0, 0.1) is 0 Å². The van der Waals surface area contributed by atoms with E-state index in [9.17, 15) is 15.0 Å². The Morgan fingerprint density at radius 1 is 1.59 bits per heavy atom. The van der Waals surface area contributed by atoms with Gasteiger partial charge in [-0.2, -0.15) is 4.98 Å². The van der Waals surface area contributed by atoms with Crippen LogP contribution < -0.4 is 5.69 Å². The molecule has 3 N–H and O–H groups in total. The van der Waals surface area contributed by atoms with Gasteiger partial charge in [0.15, 0.2) is 12.0 Å². The van der Waals surface area contributed by atoms with Crippen molar-refractivity contribution in [3.63, 3.8) is 0 Å². The standard InChI is InChI=1S/C13H20N4O5/c1-13(21)10(19)8(6-18)22-11(13)17-5-4-9(15-12(17)20)14-7-16(2)3/h4-5,7-8,10-11,18-19,21H,6H2,1-3H3. The minimum Gasteiger partial charge on any atom is -0.394 e. The van der Waals surface area contributed by atoms with Gasteiger partial charge in [-0.3, -0.25) is 4.57 Å². The van der Waals surface area contributed by atoms with Gasteiger partial charge in [0.2, 0.25) is 0 Å². The number of aliphatic imine (C=N–C) groups is 1. The number of nitrogens with zero attached hydrogens (tertiary/aromatic N) is 4. The van der Waals surface area contributed by atoms with Crippen LogP contribution in [0.4, 0.5) is 5.82 Å². The van der Waals surface area contributed by atoms with Crippen LogP contribution in [0.2, 0.25) is 0 Å². The van der Waals surface area contributed by atoms with Crippen LogP contribution in [0.15, 0.2) is 22.1 Å². The molecule has 0 aliphatic carbocycles. The van der Waals surface area contributed by atoms with Crippen LogP contribution in [0.3, 0.4) is 0 Å². The van der Waals surface area contributed by atoms with E-state index in [1.807, 2.05) is 0 Å². The lowest BCUT2D eigenvalue weighted by Gasteiger charge is -2.27. The molecule has 0 radical (unpaired) electrons. The maximum absolute atomic E-state index is 12.1. The first kappa shape index (κ1) is 16.6. The molecule has 9 nitrogen and oxygen atoms in total. The number of rotatable bonds is 4. The lowest BCUT2D eigenvalue weighted by atomic mass is 9.96. The highest BCUT2D eigenvalue weighted by molar-refractivity contribution is 5.58. The Morgan fingerprint density at radius 2 is 2.27 bits per heavy atom. The molecule has 1 saturated heterocycles. The molecule has 4 unspecified atom stereocenters. The highest BCUT2D eigenvalue weighted by atomic mass is 16.6. The Kier molecular flexibility index (Phi) is 4.61. The van der Waals surface area contributed by atoms with E-state index in [1.54, 1.807) is 19.0 Å². The van der Waals surface area contributed by atoms with Crippen LogP contribution in [0.5, 0.6) is 0 Å². The van der Waals surface area contributed by atoms with Crippen molar-refractivity contribution in [3.8, 4) is 0 Å². The van der Waals surface area contributed by atoms with Crippen LogP contribution in [-0.4, -0.2) is 74.6 Å². The number of aliphatic hydroxyl groups excluding tert-OH is 2. The Labute approximate surface area is 127 Å². The quantitative estimate of drug-likeness (QED) is 0.455. The SMILES string of the molecule is CN(C)C=Nc1ccn(C2OC(CO)C(O)C2(C)O)c(=O)n1. The van der Waals surface area contributed by atoms with Gasteiger partial charge in [0.05, 0.1) is 12.9 Å². The van der Waals surface area contributed by atoms with E-state index in [-0.39, 0.29) is 5.82 Å². The van der Waals surface area contributed by atoms with Crippen molar-refractivity contribution in [2.75, 3.05) is 20.7 Å². The third-order valence-corrected chi connectivity index (χ3v) is 3.42. The van der Waals surface area contributed by atoms with Crippen molar-refractivity contribution in [1.82, 2.24) is 14.5 Å². The zero-order chi connectivity index (χ0) is 16.5. The summed E-state index contributed by atoms with van der Waals surface area (Å²) in [6.45, 7) is 0.865. The van der Waals surface area contributed by atoms with Crippen molar-refractivity contribution in [3.05, 3.63) is 22.7 Å². The minimum absolute atomic E-state index is 0.215. The number of hydrogen-bond acceptors (Lipinski definition) is 7. The average molecular weight is 312 g/mol. The van der Waals surface area contributed by atoms with Crippen molar-refractivity contribution in [1.29, 1.82) is 0 Å².